The van der Waals surface area contributed by atoms with Gasteiger partial charge < -0.3 is 10.2 Å². The molecule has 4 heteroatoms. The number of benzene rings is 1. The fraction of sp³-hybridized carbons (Fsp3) is 0.550. The Kier molecular flexibility index (Phi) is 4.59. The summed E-state index contributed by atoms with van der Waals surface area (Å²) in [6.07, 6.45) is 6.70. The molecular weight excluding hydrogens is 314 g/mol. The zero-order valence-corrected chi connectivity index (χ0v) is 15.3. The lowest BCUT2D eigenvalue weighted by atomic mass is 10.00. The van der Waals surface area contributed by atoms with Crippen LogP contribution in [0.25, 0.3) is 11.3 Å². The van der Waals surface area contributed by atoms with Crippen LogP contribution >= 0.6 is 11.3 Å². The summed E-state index contributed by atoms with van der Waals surface area (Å²) in [5.74, 6) is 0. The van der Waals surface area contributed by atoms with Crippen LogP contribution in [0.3, 0.4) is 0 Å². The highest BCUT2D eigenvalue weighted by Gasteiger charge is 2.40. The van der Waals surface area contributed by atoms with Crippen molar-refractivity contribution in [2.45, 2.75) is 45.1 Å². The van der Waals surface area contributed by atoms with Gasteiger partial charge in [0, 0.05) is 42.3 Å². The van der Waals surface area contributed by atoms with Gasteiger partial charge in [0.2, 0.25) is 0 Å². The third-order valence-corrected chi connectivity index (χ3v) is 6.49. The first kappa shape index (κ1) is 16.1. The monoisotopic (exact) mass is 341 g/mol. The maximum Gasteiger partial charge on any atom is 0.0811 e. The number of hydrogen-bond acceptors (Lipinski definition) is 4. The molecule has 0 radical (unpaired) electrons. The summed E-state index contributed by atoms with van der Waals surface area (Å²) in [5, 5.41) is 5.97. The molecule has 1 saturated carbocycles. The molecule has 0 unspecified atom stereocenters. The first-order chi connectivity index (χ1) is 11.8. The van der Waals surface area contributed by atoms with Crippen molar-refractivity contribution in [1.82, 2.24) is 10.3 Å². The molecule has 2 fully saturated rings. The van der Waals surface area contributed by atoms with Crippen LogP contribution < -0.4 is 10.2 Å². The van der Waals surface area contributed by atoms with Crippen LogP contribution in [-0.2, 0) is 0 Å². The molecule has 2 aliphatic rings. The van der Waals surface area contributed by atoms with Gasteiger partial charge in [-0.15, -0.1) is 11.3 Å². The standard InChI is InChI=1S/C20H27N3S/c1-2-20(8-9-20)14-21-17-6-10-23(11-7-17)18-5-3-4-16(12-18)19-13-24-15-22-19/h3-5,12-13,15,17,21H,2,6-11,14H2,1H3. The molecule has 3 nitrogen and oxygen atoms in total. The van der Waals surface area contributed by atoms with Gasteiger partial charge in [0.1, 0.15) is 0 Å². The summed E-state index contributed by atoms with van der Waals surface area (Å²) in [7, 11) is 0. The van der Waals surface area contributed by atoms with Crippen molar-refractivity contribution in [2.75, 3.05) is 24.5 Å². The Morgan fingerprint density at radius 3 is 2.79 bits per heavy atom. The lowest BCUT2D eigenvalue weighted by molar-refractivity contribution is 0.358. The number of aromatic nitrogens is 1. The van der Waals surface area contributed by atoms with Gasteiger partial charge in [-0.2, -0.15) is 0 Å². The van der Waals surface area contributed by atoms with Crippen LogP contribution in [0.1, 0.15) is 39.0 Å². The van der Waals surface area contributed by atoms with E-state index in [0.29, 0.717) is 11.5 Å². The first-order valence-electron chi connectivity index (χ1n) is 9.25. The second kappa shape index (κ2) is 6.85. The highest BCUT2D eigenvalue weighted by atomic mass is 32.1. The molecule has 1 saturated heterocycles. The third-order valence-electron chi connectivity index (χ3n) is 5.91. The maximum atomic E-state index is 4.44. The molecule has 1 aromatic carbocycles. The molecule has 1 aromatic heterocycles. The van der Waals surface area contributed by atoms with E-state index in [1.165, 1.54) is 49.9 Å². The fourth-order valence-electron chi connectivity index (χ4n) is 3.75. The molecule has 2 heterocycles. The van der Waals surface area contributed by atoms with E-state index in [0.717, 1.165) is 18.8 Å². The van der Waals surface area contributed by atoms with Crippen LogP contribution in [0.5, 0.6) is 0 Å². The maximum absolute atomic E-state index is 4.44. The van der Waals surface area contributed by atoms with E-state index in [-0.39, 0.29) is 0 Å². The minimum absolute atomic E-state index is 0.652. The van der Waals surface area contributed by atoms with Crippen molar-refractivity contribution in [3.8, 4) is 11.3 Å². The van der Waals surface area contributed by atoms with E-state index in [2.05, 4.69) is 51.8 Å². The Bertz CT molecular complexity index is 655. The zero-order chi connectivity index (χ0) is 16.4. The molecule has 4 rings (SSSR count). The van der Waals surface area contributed by atoms with Gasteiger partial charge in [0.15, 0.2) is 0 Å². The number of anilines is 1. The summed E-state index contributed by atoms with van der Waals surface area (Å²) in [4.78, 5) is 6.96. The quantitative estimate of drug-likeness (QED) is 0.835. The average molecular weight is 342 g/mol. The molecule has 0 atom stereocenters. The molecule has 1 N–H and O–H groups in total. The second-order valence-electron chi connectivity index (χ2n) is 7.42. The van der Waals surface area contributed by atoms with Gasteiger partial charge in [0.05, 0.1) is 11.2 Å². The number of nitrogens with zero attached hydrogens (tertiary/aromatic N) is 2. The Labute approximate surface area is 149 Å². The Morgan fingerprint density at radius 1 is 1.29 bits per heavy atom. The Morgan fingerprint density at radius 2 is 2.12 bits per heavy atom. The predicted octanol–water partition coefficient (Wildman–Crippen LogP) is 4.56. The molecule has 128 valence electrons. The van der Waals surface area contributed by atoms with Gasteiger partial charge in [-0.05, 0) is 49.7 Å². The number of thiazole rings is 1. The van der Waals surface area contributed by atoms with Gasteiger partial charge >= 0.3 is 0 Å². The smallest absolute Gasteiger partial charge is 0.0811 e. The van der Waals surface area contributed by atoms with Gasteiger partial charge in [-0.25, -0.2) is 4.98 Å². The third kappa shape index (κ3) is 3.50. The van der Waals surface area contributed by atoms with E-state index in [1.54, 1.807) is 11.3 Å². The van der Waals surface area contributed by atoms with E-state index in [1.807, 2.05) is 5.51 Å². The van der Waals surface area contributed by atoms with Gasteiger partial charge in [-0.3, -0.25) is 0 Å². The van der Waals surface area contributed by atoms with E-state index >= 15 is 0 Å². The molecule has 1 aliphatic heterocycles. The van der Waals surface area contributed by atoms with Crippen LogP contribution in [-0.4, -0.2) is 30.7 Å². The number of piperidine rings is 1. The van der Waals surface area contributed by atoms with Crippen LogP contribution in [0.15, 0.2) is 35.2 Å². The predicted molar refractivity (Wildman–Crippen MR) is 103 cm³/mol. The van der Waals surface area contributed by atoms with E-state index in [9.17, 15) is 0 Å². The summed E-state index contributed by atoms with van der Waals surface area (Å²) >= 11 is 1.66. The summed E-state index contributed by atoms with van der Waals surface area (Å²) in [6.45, 7) is 5.87. The molecule has 0 amide bonds. The average Bonchev–Trinajstić information content (AvgIpc) is 3.22. The van der Waals surface area contributed by atoms with Crippen molar-refractivity contribution in [1.29, 1.82) is 0 Å². The van der Waals surface area contributed by atoms with Crippen molar-refractivity contribution in [3.05, 3.63) is 35.2 Å². The van der Waals surface area contributed by atoms with Crippen molar-refractivity contribution < 1.29 is 0 Å². The highest BCUT2D eigenvalue weighted by Crippen LogP contribution is 2.48. The normalized spacial score (nSPS) is 20.3. The second-order valence-corrected chi connectivity index (χ2v) is 8.14. The molecule has 0 bridgehead atoms. The molecule has 2 aromatic rings. The largest absolute Gasteiger partial charge is 0.371 e. The minimum Gasteiger partial charge on any atom is -0.371 e. The zero-order valence-electron chi connectivity index (χ0n) is 14.5. The lowest BCUT2D eigenvalue weighted by Gasteiger charge is -2.35. The first-order valence-corrected chi connectivity index (χ1v) is 10.2. The van der Waals surface area contributed by atoms with Gasteiger partial charge in [-0.1, -0.05) is 19.1 Å². The van der Waals surface area contributed by atoms with Crippen molar-refractivity contribution in [2.24, 2.45) is 5.41 Å². The van der Waals surface area contributed by atoms with Crippen molar-refractivity contribution in [3.63, 3.8) is 0 Å². The summed E-state index contributed by atoms with van der Waals surface area (Å²) in [6, 6.07) is 9.55. The lowest BCUT2D eigenvalue weighted by Crippen LogP contribution is -2.44. The molecule has 24 heavy (non-hydrogen) atoms. The number of nitrogens with one attached hydrogen (secondary N) is 1. The minimum atomic E-state index is 0.652. The van der Waals surface area contributed by atoms with Crippen LogP contribution in [0.2, 0.25) is 0 Å². The Hall–Kier alpha value is -1.39. The van der Waals surface area contributed by atoms with E-state index < -0.39 is 0 Å². The fourth-order valence-corrected chi connectivity index (χ4v) is 4.31. The molecular formula is C20H27N3S. The van der Waals surface area contributed by atoms with E-state index in [4.69, 9.17) is 0 Å². The van der Waals surface area contributed by atoms with Crippen LogP contribution in [0.4, 0.5) is 5.69 Å². The molecule has 1 aliphatic carbocycles. The number of hydrogen-bond donors (Lipinski definition) is 1. The number of rotatable bonds is 6. The van der Waals surface area contributed by atoms with Crippen molar-refractivity contribution >= 4 is 17.0 Å². The van der Waals surface area contributed by atoms with Gasteiger partial charge in [0.25, 0.3) is 0 Å². The summed E-state index contributed by atoms with van der Waals surface area (Å²) in [5.41, 5.74) is 6.22. The SMILES string of the molecule is CCC1(CNC2CCN(c3cccc(-c4cscn4)c3)CC2)CC1. The Balaban J connectivity index is 1.33. The topological polar surface area (TPSA) is 28.2 Å². The highest BCUT2D eigenvalue weighted by molar-refractivity contribution is 7.07. The molecule has 0 spiro atoms. The summed E-state index contributed by atoms with van der Waals surface area (Å²) < 4.78 is 0. The van der Waals surface area contributed by atoms with Crippen LogP contribution in [0, 0.1) is 5.41 Å².